The molecule has 1 saturated heterocycles. The standard InChI is InChI=1S/C18H21N3O3/c1-2-15(22)20-13-6-3-5-12(9-13)17(24)21-14-11-19-16(23)10-18(14)7-4-8-18/h2-3,5-6,9,14H,1,4,7-8,10-11H2,(H,19,23)(H,20,22)(H,21,24). The summed E-state index contributed by atoms with van der Waals surface area (Å²) in [7, 11) is 0. The second-order valence-corrected chi connectivity index (χ2v) is 6.50. The Hall–Kier alpha value is -2.63. The second kappa shape index (κ2) is 6.47. The van der Waals surface area contributed by atoms with Gasteiger partial charge in [0, 0.05) is 29.6 Å². The topological polar surface area (TPSA) is 87.3 Å². The van der Waals surface area contributed by atoms with Crippen LogP contribution >= 0.6 is 0 Å². The Bertz CT molecular complexity index is 695. The van der Waals surface area contributed by atoms with Gasteiger partial charge in [-0.05, 0) is 37.1 Å². The number of amides is 3. The van der Waals surface area contributed by atoms with Crippen molar-refractivity contribution in [3.05, 3.63) is 42.5 Å². The van der Waals surface area contributed by atoms with Crippen molar-refractivity contribution >= 4 is 23.4 Å². The lowest BCUT2D eigenvalue weighted by Gasteiger charge is -2.50. The fourth-order valence-corrected chi connectivity index (χ4v) is 3.47. The van der Waals surface area contributed by atoms with E-state index in [-0.39, 0.29) is 29.2 Å². The molecule has 3 rings (SSSR count). The second-order valence-electron chi connectivity index (χ2n) is 6.50. The van der Waals surface area contributed by atoms with Gasteiger partial charge in [0.15, 0.2) is 0 Å². The summed E-state index contributed by atoms with van der Waals surface area (Å²) in [6.07, 6.45) is 4.70. The van der Waals surface area contributed by atoms with Gasteiger partial charge in [-0.25, -0.2) is 0 Å². The minimum absolute atomic E-state index is 0.0529. The molecule has 0 radical (unpaired) electrons. The van der Waals surface area contributed by atoms with Gasteiger partial charge in [0.2, 0.25) is 11.8 Å². The smallest absolute Gasteiger partial charge is 0.251 e. The fourth-order valence-electron chi connectivity index (χ4n) is 3.47. The van der Waals surface area contributed by atoms with E-state index in [2.05, 4.69) is 22.5 Å². The predicted molar refractivity (Wildman–Crippen MR) is 90.4 cm³/mol. The van der Waals surface area contributed by atoms with E-state index in [9.17, 15) is 14.4 Å². The Labute approximate surface area is 140 Å². The van der Waals surface area contributed by atoms with Crippen molar-refractivity contribution in [2.24, 2.45) is 5.41 Å². The van der Waals surface area contributed by atoms with E-state index in [4.69, 9.17) is 0 Å². The van der Waals surface area contributed by atoms with Crippen LogP contribution < -0.4 is 16.0 Å². The quantitative estimate of drug-likeness (QED) is 0.734. The van der Waals surface area contributed by atoms with Gasteiger partial charge in [0.25, 0.3) is 5.91 Å². The van der Waals surface area contributed by atoms with E-state index in [0.29, 0.717) is 24.2 Å². The predicted octanol–water partition coefficient (Wildman–Crippen LogP) is 1.60. The summed E-state index contributed by atoms with van der Waals surface area (Å²) >= 11 is 0. The van der Waals surface area contributed by atoms with E-state index >= 15 is 0 Å². The molecule has 126 valence electrons. The SMILES string of the molecule is C=CC(=O)Nc1cccc(C(=O)NC2CNC(=O)CC23CCC3)c1. The van der Waals surface area contributed by atoms with Gasteiger partial charge in [-0.2, -0.15) is 0 Å². The van der Waals surface area contributed by atoms with Crippen LogP contribution in [0.2, 0.25) is 0 Å². The molecule has 24 heavy (non-hydrogen) atoms. The number of carbonyl (C=O) groups excluding carboxylic acids is 3. The van der Waals surface area contributed by atoms with Crippen LogP contribution in [0.1, 0.15) is 36.0 Å². The Morgan fingerprint density at radius 3 is 2.79 bits per heavy atom. The molecule has 6 heteroatoms. The molecule has 1 unspecified atom stereocenters. The molecular formula is C18H21N3O3. The van der Waals surface area contributed by atoms with Crippen molar-refractivity contribution in [1.29, 1.82) is 0 Å². The monoisotopic (exact) mass is 327 g/mol. The van der Waals surface area contributed by atoms with Gasteiger partial charge in [0.05, 0.1) is 6.04 Å². The van der Waals surface area contributed by atoms with Crippen LogP contribution in [-0.4, -0.2) is 30.3 Å². The summed E-state index contributed by atoms with van der Waals surface area (Å²) in [6.45, 7) is 3.87. The molecule has 2 aliphatic rings. The van der Waals surface area contributed by atoms with Gasteiger partial charge in [-0.1, -0.05) is 19.1 Å². The highest BCUT2D eigenvalue weighted by molar-refractivity contribution is 6.01. The molecule has 1 aromatic carbocycles. The minimum atomic E-state index is -0.323. The van der Waals surface area contributed by atoms with Gasteiger partial charge in [0.1, 0.15) is 0 Å². The molecule has 2 fully saturated rings. The highest BCUT2D eigenvalue weighted by Gasteiger charge is 2.48. The van der Waals surface area contributed by atoms with Crippen LogP contribution in [0.5, 0.6) is 0 Å². The molecule has 1 spiro atoms. The maximum atomic E-state index is 12.6. The summed E-state index contributed by atoms with van der Waals surface area (Å²) in [5, 5.41) is 8.53. The third-order valence-corrected chi connectivity index (χ3v) is 4.99. The lowest BCUT2D eigenvalue weighted by Crippen LogP contribution is -2.61. The van der Waals surface area contributed by atoms with Crippen molar-refractivity contribution in [3.63, 3.8) is 0 Å². The molecule has 1 aliphatic carbocycles. The molecule has 1 heterocycles. The molecular weight excluding hydrogens is 306 g/mol. The maximum absolute atomic E-state index is 12.6. The maximum Gasteiger partial charge on any atom is 0.251 e. The van der Waals surface area contributed by atoms with Gasteiger partial charge in [-0.3, -0.25) is 14.4 Å². The summed E-state index contributed by atoms with van der Waals surface area (Å²) in [5.74, 6) is -0.456. The Morgan fingerprint density at radius 1 is 1.33 bits per heavy atom. The zero-order chi connectivity index (χ0) is 17.2. The van der Waals surface area contributed by atoms with E-state index in [1.165, 1.54) is 6.08 Å². The van der Waals surface area contributed by atoms with Crippen molar-refractivity contribution in [1.82, 2.24) is 10.6 Å². The van der Waals surface area contributed by atoms with Crippen molar-refractivity contribution < 1.29 is 14.4 Å². The van der Waals surface area contributed by atoms with E-state index in [1.807, 2.05) is 0 Å². The van der Waals surface area contributed by atoms with E-state index < -0.39 is 0 Å². The van der Waals surface area contributed by atoms with Crippen molar-refractivity contribution in [3.8, 4) is 0 Å². The third kappa shape index (κ3) is 3.18. The van der Waals surface area contributed by atoms with Crippen LogP contribution in [-0.2, 0) is 9.59 Å². The first-order valence-corrected chi connectivity index (χ1v) is 8.13. The first-order chi connectivity index (χ1) is 11.5. The molecule has 1 aromatic rings. The Balaban J connectivity index is 1.70. The highest BCUT2D eigenvalue weighted by atomic mass is 16.2. The van der Waals surface area contributed by atoms with Gasteiger partial charge in [-0.15, -0.1) is 0 Å². The fraction of sp³-hybridized carbons (Fsp3) is 0.389. The molecule has 3 amide bonds. The lowest BCUT2D eigenvalue weighted by atomic mass is 9.60. The average Bonchev–Trinajstić information content (AvgIpc) is 2.55. The number of carbonyl (C=O) groups is 3. The zero-order valence-electron chi connectivity index (χ0n) is 13.4. The summed E-state index contributed by atoms with van der Waals surface area (Å²) in [6, 6.07) is 6.71. The normalized spacial score (nSPS) is 21.3. The van der Waals surface area contributed by atoms with Crippen LogP contribution in [0.15, 0.2) is 36.9 Å². The molecule has 1 saturated carbocycles. The number of nitrogens with one attached hydrogen (secondary N) is 3. The zero-order valence-corrected chi connectivity index (χ0v) is 13.4. The summed E-state index contributed by atoms with van der Waals surface area (Å²) < 4.78 is 0. The van der Waals surface area contributed by atoms with E-state index in [0.717, 1.165) is 19.3 Å². The average molecular weight is 327 g/mol. The molecule has 0 aromatic heterocycles. The number of piperidine rings is 1. The highest BCUT2D eigenvalue weighted by Crippen LogP contribution is 2.48. The van der Waals surface area contributed by atoms with Crippen LogP contribution in [0, 0.1) is 5.41 Å². The van der Waals surface area contributed by atoms with Gasteiger partial charge >= 0.3 is 0 Å². The van der Waals surface area contributed by atoms with Gasteiger partial charge < -0.3 is 16.0 Å². The minimum Gasteiger partial charge on any atom is -0.354 e. The first-order valence-electron chi connectivity index (χ1n) is 8.13. The Kier molecular flexibility index (Phi) is 4.38. The van der Waals surface area contributed by atoms with Crippen molar-refractivity contribution in [2.75, 3.05) is 11.9 Å². The number of anilines is 1. The van der Waals surface area contributed by atoms with E-state index in [1.54, 1.807) is 24.3 Å². The van der Waals surface area contributed by atoms with Crippen LogP contribution in [0.4, 0.5) is 5.69 Å². The largest absolute Gasteiger partial charge is 0.354 e. The number of benzene rings is 1. The lowest BCUT2D eigenvalue weighted by molar-refractivity contribution is -0.129. The Morgan fingerprint density at radius 2 is 2.12 bits per heavy atom. The molecule has 1 atom stereocenters. The number of hydrogen-bond acceptors (Lipinski definition) is 3. The molecule has 0 bridgehead atoms. The van der Waals surface area contributed by atoms with Crippen LogP contribution in [0.3, 0.4) is 0 Å². The number of rotatable bonds is 4. The van der Waals surface area contributed by atoms with Crippen LogP contribution in [0.25, 0.3) is 0 Å². The molecule has 6 nitrogen and oxygen atoms in total. The third-order valence-electron chi connectivity index (χ3n) is 4.99. The first kappa shape index (κ1) is 16.2. The molecule has 1 aliphatic heterocycles. The summed E-state index contributed by atoms with van der Waals surface area (Å²) in [4.78, 5) is 35.6. The summed E-state index contributed by atoms with van der Waals surface area (Å²) in [5.41, 5.74) is 0.929. The number of hydrogen-bond donors (Lipinski definition) is 3. The van der Waals surface area contributed by atoms with Crippen molar-refractivity contribution in [2.45, 2.75) is 31.7 Å². The molecule has 3 N–H and O–H groups in total.